The zero-order valence-electron chi connectivity index (χ0n) is 16.6. The molecular formula is C23H22FN3O3. The van der Waals surface area contributed by atoms with E-state index in [0.29, 0.717) is 18.7 Å². The number of aliphatic imine (C=N–C) groups is 1. The number of benzene rings is 2. The van der Waals surface area contributed by atoms with Crippen molar-refractivity contribution < 1.29 is 18.7 Å². The Kier molecular flexibility index (Phi) is 5.61. The molecule has 1 unspecified atom stereocenters. The number of aromatic nitrogens is 1. The molecular weight excluding hydrogens is 385 g/mol. The van der Waals surface area contributed by atoms with Gasteiger partial charge in [-0.05, 0) is 42.7 Å². The molecule has 2 aromatic carbocycles. The lowest BCUT2D eigenvalue weighted by molar-refractivity contribution is -0.143. The third-order valence-corrected chi connectivity index (χ3v) is 5.16. The number of nitrogens with one attached hydrogen (secondary N) is 1. The quantitative estimate of drug-likeness (QED) is 0.669. The molecule has 7 heteroatoms. The van der Waals surface area contributed by atoms with Crippen LogP contribution in [-0.2, 0) is 22.5 Å². The van der Waals surface area contributed by atoms with Gasteiger partial charge in [0.1, 0.15) is 11.7 Å². The van der Waals surface area contributed by atoms with Gasteiger partial charge in [0.25, 0.3) is 0 Å². The molecule has 1 aromatic heterocycles. The summed E-state index contributed by atoms with van der Waals surface area (Å²) < 4.78 is 19.9. The minimum Gasteiger partial charge on any atom is -0.465 e. The van der Waals surface area contributed by atoms with E-state index >= 15 is 0 Å². The van der Waals surface area contributed by atoms with Gasteiger partial charge in [-0.1, -0.05) is 30.3 Å². The fourth-order valence-corrected chi connectivity index (χ4v) is 3.83. The number of hydrogen-bond acceptors (Lipinski definition) is 4. The Morgan fingerprint density at radius 3 is 2.73 bits per heavy atom. The van der Waals surface area contributed by atoms with E-state index in [0.717, 1.165) is 22.0 Å². The van der Waals surface area contributed by atoms with Crippen LogP contribution in [0, 0.1) is 5.82 Å². The van der Waals surface area contributed by atoms with Crippen molar-refractivity contribution in [3.8, 4) is 0 Å². The maximum atomic E-state index is 13.3. The van der Waals surface area contributed by atoms with E-state index in [1.807, 2.05) is 24.3 Å². The van der Waals surface area contributed by atoms with Crippen LogP contribution in [0.1, 0.15) is 29.7 Å². The lowest BCUT2D eigenvalue weighted by Gasteiger charge is -2.16. The number of fused-ring (bicyclic) bond motifs is 3. The standard InChI is InChI=1S/C23H22FN3O3/c1-2-30-22(28)19-14-25-12-11-18-17-5-3-4-6-20(17)27(21(18)19)23(29)26-13-15-7-9-16(24)10-8-15/h3-10,14,19H,2,11-13H2,1H3,(H,26,29). The second-order valence-electron chi connectivity index (χ2n) is 7.04. The van der Waals surface area contributed by atoms with Crippen LogP contribution in [0.2, 0.25) is 0 Å². The number of rotatable bonds is 4. The highest BCUT2D eigenvalue weighted by molar-refractivity contribution is 6.03. The van der Waals surface area contributed by atoms with Crippen molar-refractivity contribution in [1.29, 1.82) is 0 Å². The van der Waals surface area contributed by atoms with Crippen LogP contribution in [0.15, 0.2) is 53.5 Å². The number of amides is 1. The van der Waals surface area contributed by atoms with Gasteiger partial charge in [-0.25, -0.2) is 9.18 Å². The Labute approximate surface area is 173 Å². The number of para-hydroxylation sites is 1. The molecule has 1 aliphatic rings. The Hall–Kier alpha value is -3.48. The molecule has 30 heavy (non-hydrogen) atoms. The van der Waals surface area contributed by atoms with Crippen molar-refractivity contribution in [3.63, 3.8) is 0 Å². The van der Waals surface area contributed by atoms with Crippen LogP contribution < -0.4 is 5.32 Å². The predicted octanol–water partition coefficient (Wildman–Crippen LogP) is 3.81. The SMILES string of the molecule is CCOC(=O)C1C=NCCc2c1n(C(=O)NCc1ccc(F)cc1)c1ccccc21. The predicted molar refractivity (Wildman–Crippen MR) is 112 cm³/mol. The normalized spacial score (nSPS) is 15.5. The summed E-state index contributed by atoms with van der Waals surface area (Å²) in [4.78, 5) is 30.3. The molecule has 3 aromatic rings. The van der Waals surface area contributed by atoms with E-state index in [1.165, 1.54) is 12.1 Å². The van der Waals surface area contributed by atoms with Gasteiger partial charge in [0, 0.05) is 24.7 Å². The van der Waals surface area contributed by atoms with Gasteiger partial charge < -0.3 is 10.1 Å². The molecule has 0 fully saturated rings. The van der Waals surface area contributed by atoms with Gasteiger partial charge in [-0.15, -0.1) is 0 Å². The smallest absolute Gasteiger partial charge is 0.326 e. The number of carbonyl (C=O) groups excluding carboxylic acids is 2. The first kappa shape index (κ1) is 19.8. The number of esters is 1. The van der Waals surface area contributed by atoms with Crippen molar-refractivity contribution in [2.24, 2.45) is 4.99 Å². The summed E-state index contributed by atoms with van der Waals surface area (Å²) in [6.45, 7) is 2.76. The van der Waals surface area contributed by atoms with E-state index in [-0.39, 0.29) is 25.0 Å². The molecule has 0 spiro atoms. The molecule has 0 saturated heterocycles. The molecule has 1 amide bonds. The van der Waals surface area contributed by atoms with E-state index in [2.05, 4.69) is 10.3 Å². The fourth-order valence-electron chi connectivity index (χ4n) is 3.83. The summed E-state index contributed by atoms with van der Waals surface area (Å²) >= 11 is 0. The van der Waals surface area contributed by atoms with Gasteiger partial charge in [-0.2, -0.15) is 0 Å². The number of carbonyl (C=O) groups is 2. The first-order valence-electron chi connectivity index (χ1n) is 9.91. The van der Waals surface area contributed by atoms with Gasteiger partial charge in [-0.3, -0.25) is 14.4 Å². The van der Waals surface area contributed by atoms with Gasteiger partial charge in [0.15, 0.2) is 0 Å². The largest absolute Gasteiger partial charge is 0.465 e. The van der Waals surface area contributed by atoms with Crippen molar-refractivity contribution in [3.05, 3.63) is 71.2 Å². The summed E-state index contributed by atoms with van der Waals surface area (Å²) in [6, 6.07) is 13.2. The van der Waals surface area contributed by atoms with Crippen LogP contribution in [-0.4, -0.2) is 35.9 Å². The number of hydrogen-bond donors (Lipinski definition) is 1. The van der Waals surface area contributed by atoms with E-state index in [4.69, 9.17) is 4.74 Å². The summed E-state index contributed by atoms with van der Waals surface area (Å²) in [7, 11) is 0. The second kappa shape index (κ2) is 8.49. The highest BCUT2D eigenvalue weighted by Gasteiger charge is 2.32. The minimum absolute atomic E-state index is 0.235. The topological polar surface area (TPSA) is 72.7 Å². The summed E-state index contributed by atoms with van der Waals surface area (Å²) in [5, 5.41) is 3.80. The summed E-state index contributed by atoms with van der Waals surface area (Å²) in [6.07, 6.45) is 2.20. The first-order chi connectivity index (χ1) is 14.6. The van der Waals surface area contributed by atoms with Gasteiger partial charge >= 0.3 is 12.0 Å². The molecule has 1 aliphatic heterocycles. The summed E-state index contributed by atoms with van der Waals surface area (Å²) in [5.74, 6) is -1.52. The molecule has 0 bridgehead atoms. The van der Waals surface area contributed by atoms with Crippen molar-refractivity contribution >= 4 is 29.1 Å². The lowest BCUT2D eigenvalue weighted by atomic mass is 10.00. The first-order valence-corrected chi connectivity index (χ1v) is 9.91. The van der Waals surface area contributed by atoms with Crippen LogP contribution in [0.25, 0.3) is 10.9 Å². The van der Waals surface area contributed by atoms with Crippen molar-refractivity contribution in [2.45, 2.75) is 25.8 Å². The Morgan fingerprint density at radius 1 is 1.20 bits per heavy atom. The highest BCUT2D eigenvalue weighted by Crippen LogP contribution is 2.33. The molecule has 4 rings (SSSR count). The molecule has 2 heterocycles. The second-order valence-corrected chi connectivity index (χ2v) is 7.04. The average molecular weight is 407 g/mol. The van der Waals surface area contributed by atoms with Crippen LogP contribution in [0.3, 0.4) is 0 Å². The monoisotopic (exact) mass is 407 g/mol. The van der Waals surface area contributed by atoms with E-state index < -0.39 is 11.9 Å². The van der Waals surface area contributed by atoms with E-state index in [1.54, 1.807) is 29.8 Å². The average Bonchev–Trinajstić information content (AvgIpc) is 2.91. The van der Waals surface area contributed by atoms with Crippen LogP contribution in [0.4, 0.5) is 9.18 Å². The molecule has 0 saturated carbocycles. The molecule has 6 nitrogen and oxygen atoms in total. The number of nitrogens with zero attached hydrogens (tertiary/aromatic N) is 2. The van der Waals surface area contributed by atoms with Gasteiger partial charge in [0.05, 0.1) is 17.8 Å². The van der Waals surface area contributed by atoms with Crippen molar-refractivity contribution in [1.82, 2.24) is 9.88 Å². The summed E-state index contributed by atoms with van der Waals surface area (Å²) in [5.41, 5.74) is 3.02. The van der Waals surface area contributed by atoms with Crippen molar-refractivity contribution in [2.75, 3.05) is 13.2 Å². The highest BCUT2D eigenvalue weighted by atomic mass is 19.1. The molecule has 1 N–H and O–H groups in total. The number of ether oxygens (including phenoxy) is 1. The van der Waals surface area contributed by atoms with Crippen LogP contribution >= 0.6 is 0 Å². The molecule has 1 atom stereocenters. The van der Waals surface area contributed by atoms with Gasteiger partial charge in [0.2, 0.25) is 0 Å². The molecule has 154 valence electrons. The lowest BCUT2D eigenvalue weighted by Crippen LogP contribution is -2.31. The molecule has 0 aliphatic carbocycles. The Bertz CT molecular complexity index is 1120. The third-order valence-electron chi connectivity index (χ3n) is 5.16. The third kappa shape index (κ3) is 3.70. The fraction of sp³-hybridized carbons (Fsp3) is 0.261. The zero-order chi connectivity index (χ0) is 21.1. The Balaban J connectivity index is 1.76. The van der Waals surface area contributed by atoms with Crippen LogP contribution in [0.5, 0.6) is 0 Å². The number of halogens is 1. The minimum atomic E-state index is -0.758. The van der Waals surface area contributed by atoms with E-state index in [9.17, 15) is 14.0 Å². The Morgan fingerprint density at radius 2 is 1.97 bits per heavy atom. The maximum Gasteiger partial charge on any atom is 0.326 e. The zero-order valence-corrected chi connectivity index (χ0v) is 16.6. The molecule has 0 radical (unpaired) electrons. The maximum absolute atomic E-state index is 13.3.